The lowest BCUT2D eigenvalue weighted by molar-refractivity contribution is -0.150. The summed E-state index contributed by atoms with van der Waals surface area (Å²) < 4.78 is 10.5. The highest BCUT2D eigenvalue weighted by Gasteiger charge is 2.09. The number of carbonyl (C=O) groups is 2. The van der Waals surface area contributed by atoms with Gasteiger partial charge in [-0.05, 0) is 51.4 Å². The average Bonchev–Trinajstić information content (AvgIpc) is 2.88. The zero-order valence-electron chi connectivity index (χ0n) is 23.9. The van der Waals surface area contributed by atoms with Crippen molar-refractivity contribution >= 4 is 11.9 Å². The summed E-state index contributed by atoms with van der Waals surface area (Å²) in [5.74, 6) is -0.573. The lowest BCUT2D eigenvalue weighted by Gasteiger charge is -2.06. The highest BCUT2D eigenvalue weighted by Crippen LogP contribution is 2.11. The fraction of sp³-hybridized carbons (Fsp3) is 0.812. The van der Waals surface area contributed by atoms with Crippen LogP contribution in [0.5, 0.6) is 0 Å². The SMILES string of the molecule is CC/C=C/CCCCCCCCCCOC(=O)CCC(=O)OCCCCCCCCCC/C=C/CC. The van der Waals surface area contributed by atoms with E-state index >= 15 is 0 Å². The van der Waals surface area contributed by atoms with Crippen LogP contribution in [0.2, 0.25) is 0 Å². The third kappa shape index (κ3) is 28.7. The van der Waals surface area contributed by atoms with Crippen molar-refractivity contribution in [1.29, 1.82) is 0 Å². The molecule has 0 aromatic heterocycles. The highest BCUT2D eigenvalue weighted by molar-refractivity contribution is 5.77. The van der Waals surface area contributed by atoms with Crippen molar-refractivity contribution < 1.29 is 19.1 Å². The fourth-order valence-electron chi connectivity index (χ4n) is 4.14. The van der Waals surface area contributed by atoms with Crippen LogP contribution >= 0.6 is 0 Å². The van der Waals surface area contributed by atoms with E-state index in [1.165, 1.54) is 89.9 Å². The molecule has 0 aliphatic heterocycles. The van der Waals surface area contributed by atoms with Gasteiger partial charge in [0.05, 0.1) is 26.1 Å². The minimum absolute atomic E-state index is 0.126. The van der Waals surface area contributed by atoms with Crippen LogP contribution in [0.1, 0.15) is 155 Å². The molecule has 0 saturated carbocycles. The Hall–Kier alpha value is -1.58. The van der Waals surface area contributed by atoms with Gasteiger partial charge in [-0.3, -0.25) is 9.59 Å². The Morgan fingerprint density at radius 3 is 1.08 bits per heavy atom. The van der Waals surface area contributed by atoms with Gasteiger partial charge in [0.25, 0.3) is 0 Å². The fourth-order valence-corrected chi connectivity index (χ4v) is 4.14. The Morgan fingerprint density at radius 2 is 0.750 bits per heavy atom. The van der Waals surface area contributed by atoms with Gasteiger partial charge in [-0.25, -0.2) is 0 Å². The van der Waals surface area contributed by atoms with Crippen molar-refractivity contribution in [3.63, 3.8) is 0 Å². The van der Waals surface area contributed by atoms with Gasteiger partial charge < -0.3 is 9.47 Å². The summed E-state index contributed by atoms with van der Waals surface area (Å²) in [5, 5.41) is 0. The van der Waals surface area contributed by atoms with Gasteiger partial charge in [0, 0.05) is 0 Å². The van der Waals surface area contributed by atoms with Gasteiger partial charge in [0.15, 0.2) is 0 Å². The van der Waals surface area contributed by atoms with E-state index in [4.69, 9.17) is 9.47 Å². The predicted octanol–water partition coefficient (Wildman–Crippen LogP) is 9.81. The molecule has 36 heavy (non-hydrogen) atoms. The monoisotopic (exact) mass is 506 g/mol. The van der Waals surface area contributed by atoms with Crippen LogP contribution in [0.25, 0.3) is 0 Å². The molecule has 0 aromatic rings. The maximum Gasteiger partial charge on any atom is 0.306 e. The Labute approximate surface area is 223 Å². The molecule has 0 rings (SSSR count). The summed E-state index contributed by atoms with van der Waals surface area (Å²) >= 11 is 0. The van der Waals surface area contributed by atoms with Gasteiger partial charge in [0.1, 0.15) is 0 Å². The first-order valence-corrected chi connectivity index (χ1v) is 15.3. The van der Waals surface area contributed by atoms with Crippen molar-refractivity contribution in [3.05, 3.63) is 24.3 Å². The third-order valence-corrected chi connectivity index (χ3v) is 6.39. The molecule has 0 spiro atoms. The number of carbonyl (C=O) groups excluding carboxylic acids is 2. The minimum Gasteiger partial charge on any atom is -0.466 e. The summed E-state index contributed by atoms with van der Waals surface area (Å²) in [7, 11) is 0. The molecular weight excluding hydrogens is 448 g/mol. The van der Waals surface area contributed by atoms with Gasteiger partial charge in [-0.2, -0.15) is 0 Å². The summed E-state index contributed by atoms with van der Waals surface area (Å²) in [5.41, 5.74) is 0. The standard InChI is InChI=1S/C32H58O4/c1-3-5-7-9-11-13-15-17-19-21-23-25-29-35-31(33)27-28-32(34)36-30-26-24-22-20-18-16-14-12-10-8-6-4-2/h5-8H,3-4,9-30H2,1-2H3/b7-5+,8-6+. The number of hydrogen-bond acceptors (Lipinski definition) is 4. The predicted molar refractivity (Wildman–Crippen MR) is 153 cm³/mol. The molecule has 0 aliphatic rings. The van der Waals surface area contributed by atoms with E-state index in [0.717, 1.165) is 38.5 Å². The largest absolute Gasteiger partial charge is 0.466 e. The molecule has 0 saturated heterocycles. The van der Waals surface area contributed by atoms with Crippen molar-refractivity contribution in [1.82, 2.24) is 0 Å². The van der Waals surface area contributed by atoms with Crippen molar-refractivity contribution in [3.8, 4) is 0 Å². The van der Waals surface area contributed by atoms with Crippen molar-refractivity contribution in [2.24, 2.45) is 0 Å². The van der Waals surface area contributed by atoms with E-state index in [2.05, 4.69) is 38.2 Å². The Morgan fingerprint density at radius 1 is 0.444 bits per heavy atom. The van der Waals surface area contributed by atoms with E-state index in [0.29, 0.717) is 13.2 Å². The van der Waals surface area contributed by atoms with E-state index in [1.54, 1.807) is 0 Å². The van der Waals surface area contributed by atoms with E-state index in [1.807, 2.05) is 0 Å². The van der Waals surface area contributed by atoms with Crippen LogP contribution in [0.4, 0.5) is 0 Å². The van der Waals surface area contributed by atoms with Crippen molar-refractivity contribution in [2.75, 3.05) is 13.2 Å². The Balaban J connectivity index is 3.32. The van der Waals surface area contributed by atoms with E-state index in [9.17, 15) is 9.59 Å². The second-order valence-corrected chi connectivity index (χ2v) is 9.93. The smallest absolute Gasteiger partial charge is 0.306 e. The van der Waals surface area contributed by atoms with Gasteiger partial charge >= 0.3 is 11.9 Å². The van der Waals surface area contributed by atoms with Gasteiger partial charge in [-0.15, -0.1) is 0 Å². The zero-order valence-corrected chi connectivity index (χ0v) is 23.9. The minimum atomic E-state index is -0.287. The number of allylic oxidation sites excluding steroid dienone is 4. The first-order valence-electron chi connectivity index (χ1n) is 15.3. The summed E-state index contributed by atoms with van der Waals surface area (Å²) in [6.07, 6.45) is 33.5. The average molecular weight is 507 g/mol. The quantitative estimate of drug-likeness (QED) is 0.0632. The number of rotatable bonds is 27. The molecule has 210 valence electrons. The Kier molecular flexibility index (Phi) is 28.3. The summed E-state index contributed by atoms with van der Waals surface area (Å²) in [6.45, 7) is 5.28. The van der Waals surface area contributed by atoms with E-state index < -0.39 is 0 Å². The zero-order chi connectivity index (χ0) is 26.4. The first kappa shape index (κ1) is 34.4. The topological polar surface area (TPSA) is 52.6 Å². The van der Waals surface area contributed by atoms with Crippen LogP contribution < -0.4 is 0 Å². The number of unbranched alkanes of at least 4 members (excludes halogenated alkanes) is 16. The first-order chi connectivity index (χ1) is 17.7. The normalized spacial score (nSPS) is 11.5. The van der Waals surface area contributed by atoms with E-state index in [-0.39, 0.29) is 24.8 Å². The van der Waals surface area contributed by atoms with Crippen LogP contribution in [-0.4, -0.2) is 25.2 Å². The second-order valence-electron chi connectivity index (χ2n) is 9.93. The van der Waals surface area contributed by atoms with Crippen LogP contribution in [0.3, 0.4) is 0 Å². The lowest BCUT2D eigenvalue weighted by atomic mass is 10.1. The lowest BCUT2D eigenvalue weighted by Crippen LogP contribution is -2.11. The molecule has 4 heteroatoms. The molecule has 0 amide bonds. The third-order valence-electron chi connectivity index (χ3n) is 6.39. The summed E-state index contributed by atoms with van der Waals surface area (Å²) in [4.78, 5) is 23.6. The highest BCUT2D eigenvalue weighted by atomic mass is 16.5. The maximum atomic E-state index is 11.8. The molecule has 0 aromatic carbocycles. The van der Waals surface area contributed by atoms with Crippen LogP contribution in [-0.2, 0) is 19.1 Å². The molecule has 0 heterocycles. The van der Waals surface area contributed by atoms with Crippen LogP contribution in [0.15, 0.2) is 24.3 Å². The molecule has 4 nitrogen and oxygen atoms in total. The van der Waals surface area contributed by atoms with Gasteiger partial charge in [0.2, 0.25) is 0 Å². The van der Waals surface area contributed by atoms with Crippen molar-refractivity contribution in [2.45, 2.75) is 155 Å². The van der Waals surface area contributed by atoms with Gasteiger partial charge in [-0.1, -0.05) is 115 Å². The summed E-state index contributed by atoms with van der Waals surface area (Å²) in [6, 6.07) is 0. The molecule has 0 N–H and O–H groups in total. The van der Waals surface area contributed by atoms with Crippen LogP contribution in [0, 0.1) is 0 Å². The maximum absolute atomic E-state index is 11.8. The number of esters is 2. The second kappa shape index (κ2) is 29.6. The number of hydrogen-bond donors (Lipinski definition) is 0. The molecular formula is C32H58O4. The Bertz CT molecular complexity index is 490. The number of ether oxygens (including phenoxy) is 2. The molecule has 0 aliphatic carbocycles. The molecule has 0 bridgehead atoms. The molecule has 0 radical (unpaired) electrons. The molecule has 0 atom stereocenters. The molecule has 0 unspecified atom stereocenters. The molecule has 0 fully saturated rings.